The van der Waals surface area contributed by atoms with E-state index in [0.29, 0.717) is 0 Å². The number of halogens is 1. The van der Waals surface area contributed by atoms with Gasteiger partial charge in [-0.1, -0.05) is 37.6 Å². The van der Waals surface area contributed by atoms with Crippen LogP contribution in [0.1, 0.15) is 37.3 Å². The summed E-state index contributed by atoms with van der Waals surface area (Å²) in [7, 11) is 6.18. The molecule has 1 aromatic rings. The summed E-state index contributed by atoms with van der Waals surface area (Å²) in [5, 5.41) is 3.47. The molecule has 1 saturated heterocycles. The maximum Gasteiger partial charge on any atom is 0.193 e. The number of hydrogen-bond acceptors (Lipinski definition) is 3. The lowest BCUT2D eigenvalue weighted by atomic mass is 10.1. The second-order valence-electron chi connectivity index (χ2n) is 7.43. The molecule has 0 amide bonds. The third-order valence-electron chi connectivity index (χ3n) is 5.11. The third kappa shape index (κ3) is 8.79. The average molecular weight is 487 g/mol. The van der Waals surface area contributed by atoms with Crippen LogP contribution >= 0.6 is 24.0 Å². The van der Waals surface area contributed by atoms with E-state index in [9.17, 15) is 0 Å². The molecule has 1 aliphatic rings. The first-order valence-electron chi connectivity index (χ1n) is 10.0. The fraction of sp³-hybridized carbons (Fsp3) is 0.667. The zero-order valence-corrected chi connectivity index (χ0v) is 19.9. The summed E-state index contributed by atoms with van der Waals surface area (Å²) in [6, 6.07) is 9.03. The van der Waals surface area contributed by atoms with Crippen LogP contribution < -0.4 is 5.32 Å². The maximum atomic E-state index is 4.39. The molecule has 1 heterocycles. The van der Waals surface area contributed by atoms with Crippen LogP contribution in [0.5, 0.6) is 0 Å². The van der Waals surface area contributed by atoms with Crippen LogP contribution in [-0.4, -0.2) is 74.5 Å². The SMILES string of the molecule is CCCCN(C)C(=NC)NCc1ccc(CN2CCCN(C)CC2)cc1.I. The van der Waals surface area contributed by atoms with E-state index >= 15 is 0 Å². The maximum absolute atomic E-state index is 4.39. The van der Waals surface area contributed by atoms with E-state index < -0.39 is 0 Å². The Morgan fingerprint density at radius 1 is 1.11 bits per heavy atom. The predicted molar refractivity (Wildman–Crippen MR) is 127 cm³/mol. The van der Waals surface area contributed by atoms with Gasteiger partial charge in [-0.25, -0.2) is 0 Å². The van der Waals surface area contributed by atoms with Gasteiger partial charge in [0.2, 0.25) is 0 Å². The molecular formula is C21H38IN5. The Kier molecular flexibility index (Phi) is 11.9. The molecule has 5 nitrogen and oxygen atoms in total. The first-order valence-corrected chi connectivity index (χ1v) is 10.0. The van der Waals surface area contributed by atoms with Crippen LogP contribution in [0.2, 0.25) is 0 Å². The zero-order valence-electron chi connectivity index (χ0n) is 17.6. The van der Waals surface area contributed by atoms with E-state index in [4.69, 9.17) is 0 Å². The van der Waals surface area contributed by atoms with Crippen LogP contribution in [0, 0.1) is 0 Å². The minimum absolute atomic E-state index is 0. The molecule has 6 heteroatoms. The molecule has 2 rings (SSSR count). The first-order chi connectivity index (χ1) is 12.6. The van der Waals surface area contributed by atoms with Crippen LogP contribution in [0.4, 0.5) is 0 Å². The van der Waals surface area contributed by atoms with Crippen LogP contribution in [-0.2, 0) is 13.1 Å². The van der Waals surface area contributed by atoms with E-state index in [-0.39, 0.29) is 24.0 Å². The second-order valence-corrected chi connectivity index (χ2v) is 7.43. The Hall–Kier alpha value is -0.860. The van der Waals surface area contributed by atoms with Gasteiger partial charge in [-0.2, -0.15) is 0 Å². The van der Waals surface area contributed by atoms with Crippen LogP contribution in [0.3, 0.4) is 0 Å². The van der Waals surface area contributed by atoms with Crippen molar-refractivity contribution in [3.8, 4) is 0 Å². The summed E-state index contributed by atoms with van der Waals surface area (Å²) >= 11 is 0. The van der Waals surface area contributed by atoms with Gasteiger partial charge in [-0.15, -0.1) is 24.0 Å². The third-order valence-corrected chi connectivity index (χ3v) is 5.11. The van der Waals surface area contributed by atoms with Crippen LogP contribution in [0.25, 0.3) is 0 Å². The summed E-state index contributed by atoms with van der Waals surface area (Å²) < 4.78 is 0. The number of nitrogens with one attached hydrogen (secondary N) is 1. The molecule has 27 heavy (non-hydrogen) atoms. The number of likely N-dealkylation sites (N-methyl/N-ethyl adjacent to an activating group) is 1. The van der Waals surface area contributed by atoms with Gasteiger partial charge in [-0.3, -0.25) is 9.89 Å². The quantitative estimate of drug-likeness (QED) is 0.364. The van der Waals surface area contributed by atoms with Gasteiger partial charge in [-0.05, 0) is 44.1 Å². The highest BCUT2D eigenvalue weighted by molar-refractivity contribution is 14.0. The monoisotopic (exact) mass is 487 g/mol. The lowest BCUT2D eigenvalue weighted by molar-refractivity contribution is 0.269. The summed E-state index contributed by atoms with van der Waals surface area (Å²) in [6.45, 7) is 9.90. The number of benzene rings is 1. The van der Waals surface area contributed by atoms with Gasteiger partial charge in [0.1, 0.15) is 0 Å². The molecule has 0 radical (unpaired) electrons. The van der Waals surface area contributed by atoms with Crippen molar-refractivity contribution in [1.29, 1.82) is 0 Å². The molecule has 1 aliphatic heterocycles. The normalized spacial score (nSPS) is 16.5. The van der Waals surface area contributed by atoms with Crippen molar-refractivity contribution < 1.29 is 0 Å². The standard InChI is InChI=1S/C21H37N5.HI/c1-5-6-13-25(4)21(22-2)23-17-19-8-10-20(11-9-19)18-26-14-7-12-24(3)15-16-26;/h8-11H,5-7,12-18H2,1-4H3,(H,22,23);1H. The number of unbranched alkanes of at least 4 members (excludes halogenated alkanes) is 1. The minimum atomic E-state index is 0. The van der Waals surface area contributed by atoms with Gasteiger partial charge in [0, 0.05) is 46.8 Å². The highest BCUT2D eigenvalue weighted by Crippen LogP contribution is 2.10. The molecule has 0 aliphatic carbocycles. The Balaban J connectivity index is 0.00000364. The number of aliphatic imine (C=N–C) groups is 1. The van der Waals surface area contributed by atoms with Gasteiger partial charge < -0.3 is 15.1 Å². The van der Waals surface area contributed by atoms with Crippen molar-refractivity contribution in [1.82, 2.24) is 20.0 Å². The minimum Gasteiger partial charge on any atom is -0.352 e. The molecule has 0 aromatic heterocycles. The molecular weight excluding hydrogens is 449 g/mol. The Bertz CT molecular complexity index is 546. The number of nitrogens with zero attached hydrogens (tertiary/aromatic N) is 4. The fourth-order valence-corrected chi connectivity index (χ4v) is 3.35. The number of rotatable bonds is 7. The summed E-state index contributed by atoms with van der Waals surface area (Å²) in [5.74, 6) is 0.969. The van der Waals surface area contributed by atoms with E-state index in [1.54, 1.807) is 0 Å². The van der Waals surface area contributed by atoms with E-state index in [1.165, 1.54) is 56.6 Å². The fourth-order valence-electron chi connectivity index (χ4n) is 3.35. The molecule has 0 spiro atoms. The van der Waals surface area contributed by atoms with Gasteiger partial charge in [0.15, 0.2) is 5.96 Å². The first kappa shape index (κ1) is 24.2. The summed E-state index contributed by atoms with van der Waals surface area (Å²) in [4.78, 5) is 11.6. The Labute approximate surface area is 183 Å². The highest BCUT2D eigenvalue weighted by Gasteiger charge is 2.12. The van der Waals surface area contributed by atoms with Crippen molar-refractivity contribution in [2.24, 2.45) is 4.99 Å². The molecule has 154 valence electrons. The highest BCUT2D eigenvalue weighted by atomic mass is 127. The smallest absolute Gasteiger partial charge is 0.193 e. The molecule has 1 fully saturated rings. The van der Waals surface area contributed by atoms with Crippen molar-refractivity contribution in [3.05, 3.63) is 35.4 Å². The number of guanidine groups is 1. The van der Waals surface area contributed by atoms with Crippen molar-refractivity contribution >= 4 is 29.9 Å². The summed E-state index contributed by atoms with van der Waals surface area (Å²) in [6.07, 6.45) is 3.66. The topological polar surface area (TPSA) is 34.1 Å². The predicted octanol–water partition coefficient (Wildman–Crippen LogP) is 3.25. The lowest BCUT2D eigenvalue weighted by Gasteiger charge is -2.22. The number of hydrogen-bond donors (Lipinski definition) is 1. The van der Waals surface area contributed by atoms with Gasteiger partial charge in [0.05, 0.1) is 0 Å². The van der Waals surface area contributed by atoms with Crippen LogP contribution in [0.15, 0.2) is 29.3 Å². The Morgan fingerprint density at radius 2 is 1.81 bits per heavy atom. The zero-order chi connectivity index (χ0) is 18.8. The van der Waals surface area contributed by atoms with Crippen molar-refractivity contribution in [2.75, 3.05) is 53.9 Å². The molecule has 1 N–H and O–H groups in total. The van der Waals surface area contributed by atoms with Gasteiger partial charge >= 0.3 is 0 Å². The van der Waals surface area contributed by atoms with Crippen molar-refractivity contribution in [2.45, 2.75) is 39.3 Å². The Morgan fingerprint density at radius 3 is 2.48 bits per heavy atom. The molecule has 0 atom stereocenters. The molecule has 1 aromatic carbocycles. The largest absolute Gasteiger partial charge is 0.352 e. The molecule has 0 saturated carbocycles. The van der Waals surface area contributed by atoms with E-state index in [0.717, 1.165) is 25.6 Å². The van der Waals surface area contributed by atoms with Crippen molar-refractivity contribution in [3.63, 3.8) is 0 Å². The average Bonchev–Trinajstić information content (AvgIpc) is 2.86. The molecule has 0 bridgehead atoms. The van der Waals surface area contributed by atoms with E-state index in [2.05, 4.69) is 70.3 Å². The van der Waals surface area contributed by atoms with E-state index in [1.807, 2.05) is 7.05 Å². The second kappa shape index (κ2) is 13.3. The lowest BCUT2D eigenvalue weighted by Crippen LogP contribution is -2.38. The molecule has 0 unspecified atom stereocenters. The summed E-state index contributed by atoms with van der Waals surface area (Å²) in [5.41, 5.74) is 2.71. The van der Waals surface area contributed by atoms with Gasteiger partial charge in [0.25, 0.3) is 0 Å².